The number of methoxy groups -OCH3 is 1. The summed E-state index contributed by atoms with van der Waals surface area (Å²) in [5.74, 6) is 0.655. The Balaban J connectivity index is 0.000000552. The van der Waals surface area contributed by atoms with Crippen molar-refractivity contribution in [1.82, 2.24) is 9.88 Å². The van der Waals surface area contributed by atoms with Crippen LogP contribution in [-0.2, 0) is 11.3 Å². The standard InChI is InChI=1S/C17H21N3O2.C4H8/c1-3-10-20-14-7-5-4-6-13(14)15(17(21)22-2)16(20)19-11-8-18-9-12-19;1-3-4-2/h3-7,18H,1,8-12H2,2H3;3-4H,1-2H3/b;4-3-. The van der Waals surface area contributed by atoms with Gasteiger partial charge in [0.15, 0.2) is 0 Å². The van der Waals surface area contributed by atoms with Crippen molar-refractivity contribution in [1.29, 1.82) is 0 Å². The molecule has 140 valence electrons. The molecule has 0 bridgehead atoms. The fraction of sp³-hybridized carbons (Fsp3) is 0.381. The maximum atomic E-state index is 12.4. The minimum absolute atomic E-state index is 0.285. The van der Waals surface area contributed by atoms with Crippen molar-refractivity contribution >= 4 is 22.7 Å². The number of anilines is 1. The van der Waals surface area contributed by atoms with Crippen LogP contribution in [0, 0.1) is 0 Å². The zero-order valence-electron chi connectivity index (χ0n) is 16.0. The lowest BCUT2D eigenvalue weighted by atomic mass is 10.1. The van der Waals surface area contributed by atoms with Gasteiger partial charge in [0, 0.05) is 38.1 Å². The molecule has 5 heteroatoms. The Bertz CT molecular complexity index is 767. The predicted molar refractivity (Wildman–Crippen MR) is 109 cm³/mol. The highest BCUT2D eigenvalue weighted by Crippen LogP contribution is 2.33. The predicted octanol–water partition coefficient (Wildman–Crippen LogP) is 3.61. The number of hydrogen-bond donors (Lipinski definition) is 1. The zero-order valence-corrected chi connectivity index (χ0v) is 16.0. The first kappa shape index (κ1) is 19.8. The molecule has 0 saturated carbocycles. The molecule has 1 aliphatic rings. The summed E-state index contributed by atoms with van der Waals surface area (Å²) >= 11 is 0. The van der Waals surface area contributed by atoms with E-state index in [1.54, 1.807) is 0 Å². The summed E-state index contributed by atoms with van der Waals surface area (Å²) in [6.07, 6.45) is 5.86. The molecular formula is C21H29N3O2. The highest BCUT2D eigenvalue weighted by molar-refractivity contribution is 6.10. The first-order valence-corrected chi connectivity index (χ1v) is 9.02. The van der Waals surface area contributed by atoms with Crippen molar-refractivity contribution in [2.75, 3.05) is 38.2 Å². The SMILES string of the molecule is C/C=C\C.C=CCn1c(N2CCNCC2)c(C(=O)OC)c2ccccc21. The summed E-state index contributed by atoms with van der Waals surface area (Å²) in [6, 6.07) is 7.96. The fourth-order valence-corrected chi connectivity index (χ4v) is 3.11. The van der Waals surface area contributed by atoms with Crippen LogP contribution in [-0.4, -0.2) is 43.8 Å². The van der Waals surface area contributed by atoms with Gasteiger partial charge in [0.2, 0.25) is 0 Å². The normalized spacial score (nSPS) is 14.2. The third-order valence-electron chi connectivity index (χ3n) is 4.39. The lowest BCUT2D eigenvalue weighted by Gasteiger charge is -2.31. The number of ether oxygens (including phenoxy) is 1. The molecule has 0 atom stereocenters. The molecule has 1 aromatic carbocycles. The van der Waals surface area contributed by atoms with Gasteiger partial charge in [-0.3, -0.25) is 0 Å². The molecule has 1 aliphatic heterocycles. The van der Waals surface area contributed by atoms with Crippen molar-refractivity contribution in [2.45, 2.75) is 20.4 Å². The Hall–Kier alpha value is -2.53. The van der Waals surface area contributed by atoms with E-state index >= 15 is 0 Å². The molecule has 1 saturated heterocycles. The molecule has 26 heavy (non-hydrogen) atoms. The van der Waals surface area contributed by atoms with Crippen molar-refractivity contribution in [3.8, 4) is 0 Å². The molecular weight excluding hydrogens is 326 g/mol. The molecule has 0 unspecified atom stereocenters. The Kier molecular flexibility index (Phi) is 7.48. The topological polar surface area (TPSA) is 46.5 Å². The maximum absolute atomic E-state index is 12.4. The van der Waals surface area contributed by atoms with Crippen LogP contribution in [0.2, 0.25) is 0 Å². The molecule has 0 amide bonds. The number of nitrogens with zero attached hydrogens (tertiary/aromatic N) is 2. The van der Waals surface area contributed by atoms with E-state index in [4.69, 9.17) is 4.74 Å². The van der Waals surface area contributed by atoms with Gasteiger partial charge >= 0.3 is 5.97 Å². The number of para-hydroxylation sites is 1. The lowest BCUT2D eigenvalue weighted by Crippen LogP contribution is -2.44. The average Bonchev–Trinajstić information content (AvgIpc) is 3.03. The first-order chi connectivity index (χ1) is 12.7. The molecule has 3 rings (SSSR count). The van der Waals surface area contributed by atoms with Crippen LogP contribution in [0.25, 0.3) is 10.9 Å². The van der Waals surface area contributed by atoms with Crippen molar-refractivity contribution in [3.05, 3.63) is 54.6 Å². The number of nitrogens with one attached hydrogen (secondary N) is 1. The van der Waals surface area contributed by atoms with E-state index in [0.29, 0.717) is 12.1 Å². The summed E-state index contributed by atoms with van der Waals surface area (Å²) in [6.45, 7) is 12.1. The average molecular weight is 355 g/mol. The van der Waals surface area contributed by atoms with E-state index < -0.39 is 0 Å². The van der Waals surface area contributed by atoms with Crippen molar-refractivity contribution in [2.24, 2.45) is 0 Å². The summed E-state index contributed by atoms with van der Waals surface area (Å²) in [5, 5.41) is 4.28. The van der Waals surface area contributed by atoms with Gasteiger partial charge in [0.25, 0.3) is 0 Å². The third kappa shape index (κ3) is 4.17. The van der Waals surface area contributed by atoms with Crippen molar-refractivity contribution in [3.63, 3.8) is 0 Å². The van der Waals surface area contributed by atoms with Crippen LogP contribution in [0.4, 0.5) is 5.82 Å². The van der Waals surface area contributed by atoms with Gasteiger partial charge in [-0.05, 0) is 19.9 Å². The second-order valence-electron chi connectivity index (χ2n) is 6.01. The van der Waals surface area contributed by atoms with Gasteiger partial charge in [0.1, 0.15) is 11.4 Å². The largest absolute Gasteiger partial charge is 0.465 e. The second kappa shape index (κ2) is 9.82. The van der Waals surface area contributed by atoms with Gasteiger partial charge < -0.3 is 19.5 Å². The van der Waals surface area contributed by atoms with Gasteiger partial charge in [-0.1, -0.05) is 36.4 Å². The van der Waals surface area contributed by atoms with Gasteiger partial charge in [-0.15, -0.1) is 6.58 Å². The number of aromatic nitrogens is 1. The first-order valence-electron chi connectivity index (χ1n) is 9.02. The summed E-state index contributed by atoms with van der Waals surface area (Å²) in [5.41, 5.74) is 1.69. The van der Waals surface area contributed by atoms with E-state index in [0.717, 1.165) is 42.9 Å². The molecule has 1 fully saturated rings. The number of benzene rings is 1. The zero-order chi connectivity index (χ0) is 18.9. The van der Waals surface area contributed by atoms with Crippen LogP contribution >= 0.6 is 0 Å². The molecule has 0 spiro atoms. The number of piperazine rings is 1. The van der Waals surface area contributed by atoms with Gasteiger partial charge in [-0.2, -0.15) is 0 Å². The summed E-state index contributed by atoms with van der Waals surface area (Å²) < 4.78 is 7.20. The Morgan fingerprint density at radius 3 is 2.46 bits per heavy atom. The molecule has 0 aliphatic carbocycles. The maximum Gasteiger partial charge on any atom is 0.342 e. The molecule has 2 aromatic rings. The van der Waals surface area contributed by atoms with Crippen LogP contribution in [0.1, 0.15) is 24.2 Å². The second-order valence-corrected chi connectivity index (χ2v) is 6.01. The fourth-order valence-electron chi connectivity index (χ4n) is 3.11. The minimum atomic E-state index is -0.285. The van der Waals surface area contributed by atoms with E-state index in [1.807, 2.05) is 56.3 Å². The van der Waals surface area contributed by atoms with Gasteiger partial charge in [-0.25, -0.2) is 4.79 Å². The van der Waals surface area contributed by atoms with E-state index in [-0.39, 0.29) is 5.97 Å². The summed E-state index contributed by atoms with van der Waals surface area (Å²) in [4.78, 5) is 14.7. The number of carbonyl (C=O) groups is 1. The third-order valence-corrected chi connectivity index (χ3v) is 4.39. The highest BCUT2D eigenvalue weighted by atomic mass is 16.5. The Morgan fingerprint density at radius 2 is 1.88 bits per heavy atom. The summed E-state index contributed by atoms with van der Waals surface area (Å²) in [7, 11) is 1.43. The molecule has 0 radical (unpaired) electrons. The van der Waals surface area contributed by atoms with Gasteiger partial charge in [0.05, 0.1) is 12.6 Å². The monoisotopic (exact) mass is 355 g/mol. The number of fused-ring (bicyclic) bond motifs is 1. The van der Waals surface area contributed by atoms with Crippen molar-refractivity contribution < 1.29 is 9.53 Å². The van der Waals surface area contributed by atoms with E-state index in [1.165, 1.54) is 7.11 Å². The number of allylic oxidation sites excluding steroid dienone is 3. The minimum Gasteiger partial charge on any atom is -0.465 e. The quantitative estimate of drug-likeness (QED) is 0.672. The Morgan fingerprint density at radius 1 is 1.23 bits per heavy atom. The molecule has 5 nitrogen and oxygen atoms in total. The smallest absolute Gasteiger partial charge is 0.342 e. The lowest BCUT2D eigenvalue weighted by molar-refractivity contribution is 0.0603. The van der Waals surface area contributed by atoms with Crippen LogP contribution < -0.4 is 10.2 Å². The van der Waals surface area contributed by atoms with Crippen LogP contribution in [0.3, 0.4) is 0 Å². The molecule has 1 N–H and O–H groups in total. The number of esters is 1. The highest BCUT2D eigenvalue weighted by Gasteiger charge is 2.27. The van der Waals surface area contributed by atoms with Crippen LogP contribution in [0.15, 0.2) is 49.1 Å². The number of rotatable bonds is 4. The number of carbonyl (C=O) groups excluding carboxylic acids is 1. The van der Waals surface area contributed by atoms with E-state index in [9.17, 15) is 4.79 Å². The molecule has 2 heterocycles. The number of hydrogen-bond acceptors (Lipinski definition) is 4. The van der Waals surface area contributed by atoms with E-state index in [2.05, 4.69) is 21.4 Å². The van der Waals surface area contributed by atoms with Crippen LogP contribution in [0.5, 0.6) is 0 Å². The molecule has 1 aromatic heterocycles. The Labute approximate surface area is 155 Å².